The molecule has 0 saturated carbocycles. The first-order chi connectivity index (χ1) is 10.6. The Morgan fingerprint density at radius 1 is 1.23 bits per heavy atom. The number of rotatable bonds is 4. The van der Waals surface area contributed by atoms with Gasteiger partial charge in [0, 0.05) is 45.4 Å². The molecule has 0 spiro atoms. The van der Waals surface area contributed by atoms with Gasteiger partial charge in [0.1, 0.15) is 11.9 Å². The lowest BCUT2D eigenvalue weighted by Gasteiger charge is -2.13. The Balaban J connectivity index is 1.61. The van der Waals surface area contributed by atoms with E-state index in [0.29, 0.717) is 18.8 Å². The minimum atomic E-state index is -0.311. The van der Waals surface area contributed by atoms with Gasteiger partial charge in [0.2, 0.25) is 0 Å². The van der Waals surface area contributed by atoms with Crippen molar-refractivity contribution in [1.82, 2.24) is 14.5 Å². The number of nitrogens with zero attached hydrogens (tertiary/aromatic N) is 2. The van der Waals surface area contributed by atoms with Crippen LogP contribution in [0.1, 0.15) is 11.3 Å². The molecule has 0 aliphatic carbocycles. The molecule has 1 aromatic carbocycles. The highest BCUT2D eigenvalue weighted by Crippen LogP contribution is 2.27. The molecule has 1 N–H and O–H groups in total. The fraction of sp³-hybridized carbons (Fsp3) is 0.375. The van der Waals surface area contributed by atoms with Crippen LogP contribution in [0.15, 0.2) is 39.9 Å². The zero-order valence-electron chi connectivity index (χ0n) is 12.7. The number of para-hydroxylation sites is 1. The Labute approximate surface area is 128 Å². The molecular weight excluding hydrogens is 282 g/mol. The third kappa shape index (κ3) is 2.69. The summed E-state index contributed by atoms with van der Waals surface area (Å²) in [5, 5.41) is 3.26. The Bertz CT molecular complexity index is 782. The second kappa shape index (κ2) is 5.81. The lowest BCUT2D eigenvalue weighted by molar-refractivity contribution is 0.227. The molecule has 2 aromatic rings. The van der Waals surface area contributed by atoms with Gasteiger partial charge in [0.05, 0.1) is 0 Å². The molecule has 1 aliphatic heterocycles. The van der Waals surface area contributed by atoms with Crippen LogP contribution in [-0.2, 0) is 27.1 Å². The molecule has 0 unspecified atom stereocenters. The second-order valence-electron chi connectivity index (χ2n) is 5.56. The summed E-state index contributed by atoms with van der Waals surface area (Å²) in [7, 11) is 3.15. The van der Waals surface area contributed by atoms with E-state index in [-0.39, 0.29) is 17.4 Å². The molecule has 6 heteroatoms. The van der Waals surface area contributed by atoms with Crippen LogP contribution >= 0.6 is 0 Å². The Morgan fingerprint density at radius 3 is 2.77 bits per heavy atom. The lowest BCUT2D eigenvalue weighted by Crippen LogP contribution is -2.39. The number of hydrogen-bond acceptors (Lipinski definition) is 4. The first-order valence-electron chi connectivity index (χ1n) is 7.27. The van der Waals surface area contributed by atoms with Crippen molar-refractivity contribution in [2.45, 2.75) is 19.1 Å². The number of nitrogens with one attached hydrogen (secondary N) is 1. The van der Waals surface area contributed by atoms with Crippen molar-refractivity contribution in [3.05, 3.63) is 62.4 Å². The molecule has 3 rings (SSSR count). The van der Waals surface area contributed by atoms with Crippen LogP contribution in [0.2, 0.25) is 0 Å². The summed E-state index contributed by atoms with van der Waals surface area (Å²) >= 11 is 0. The van der Waals surface area contributed by atoms with E-state index in [0.717, 1.165) is 16.7 Å². The van der Waals surface area contributed by atoms with Gasteiger partial charge in [0.25, 0.3) is 5.56 Å². The maximum Gasteiger partial charge on any atom is 0.330 e. The Hall–Kier alpha value is -2.34. The molecule has 1 atom stereocenters. The van der Waals surface area contributed by atoms with Crippen molar-refractivity contribution in [3.8, 4) is 5.75 Å². The predicted octanol–water partition coefficient (Wildman–Crippen LogP) is 0.177. The molecule has 1 aromatic heterocycles. The van der Waals surface area contributed by atoms with Crippen LogP contribution in [0, 0.1) is 0 Å². The number of benzene rings is 1. The number of ether oxygens (including phenoxy) is 1. The van der Waals surface area contributed by atoms with Crippen molar-refractivity contribution in [2.24, 2.45) is 14.1 Å². The zero-order valence-corrected chi connectivity index (χ0v) is 12.7. The summed E-state index contributed by atoms with van der Waals surface area (Å²) in [4.78, 5) is 23.5. The van der Waals surface area contributed by atoms with Crippen LogP contribution < -0.4 is 21.3 Å². The average Bonchev–Trinajstić information content (AvgIpc) is 2.93. The van der Waals surface area contributed by atoms with E-state index in [1.54, 1.807) is 7.05 Å². The standard InChI is InChI=1S/C16H19N3O3/c1-18-12(8-15(20)19(2)16(18)21)9-17-10-13-7-11-5-3-4-6-14(11)22-13/h3-6,8,13,17H,7,9-10H2,1-2H3/t13-/m1/s1. The minimum Gasteiger partial charge on any atom is -0.488 e. The van der Waals surface area contributed by atoms with Crippen molar-refractivity contribution in [2.75, 3.05) is 6.54 Å². The quantitative estimate of drug-likeness (QED) is 0.875. The van der Waals surface area contributed by atoms with E-state index in [2.05, 4.69) is 11.4 Å². The number of hydrogen-bond donors (Lipinski definition) is 1. The molecule has 0 radical (unpaired) electrons. The third-order valence-corrected chi connectivity index (χ3v) is 4.02. The summed E-state index contributed by atoms with van der Waals surface area (Å²) in [6.07, 6.45) is 0.958. The van der Waals surface area contributed by atoms with Crippen LogP contribution in [0.25, 0.3) is 0 Å². The fourth-order valence-corrected chi connectivity index (χ4v) is 2.68. The van der Waals surface area contributed by atoms with Crippen molar-refractivity contribution in [3.63, 3.8) is 0 Å². The molecule has 2 heterocycles. The van der Waals surface area contributed by atoms with Gasteiger partial charge >= 0.3 is 5.69 Å². The van der Waals surface area contributed by atoms with E-state index in [1.807, 2.05) is 18.2 Å². The molecule has 0 amide bonds. The van der Waals surface area contributed by atoms with Gasteiger partial charge in [-0.15, -0.1) is 0 Å². The highest BCUT2D eigenvalue weighted by atomic mass is 16.5. The van der Waals surface area contributed by atoms with Crippen molar-refractivity contribution in [1.29, 1.82) is 0 Å². The molecule has 0 fully saturated rings. The van der Waals surface area contributed by atoms with E-state index >= 15 is 0 Å². The monoisotopic (exact) mass is 301 g/mol. The first-order valence-corrected chi connectivity index (χ1v) is 7.27. The summed E-state index contributed by atoms with van der Waals surface area (Å²) in [6, 6.07) is 9.50. The van der Waals surface area contributed by atoms with E-state index in [4.69, 9.17) is 4.74 Å². The maximum atomic E-state index is 11.9. The molecule has 6 nitrogen and oxygen atoms in total. The van der Waals surface area contributed by atoms with Gasteiger partial charge in [-0.25, -0.2) is 4.79 Å². The topological polar surface area (TPSA) is 65.3 Å². The molecule has 0 bridgehead atoms. The molecule has 116 valence electrons. The number of aromatic nitrogens is 2. The summed E-state index contributed by atoms with van der Waals surface area (Å²) in [6.45, 7) is 1.12. The average molecular weight is 301 g/mol. The Morgan fingerprint density at radius 2 is 2.00 bits per heavy atom. The van der Waals surface area contributed by atoms with Crippen LogP contribution in [0.3, 0.4) is 0 Å². The first kappa shape index (κ1) is 14.6. The van der Waals surface area contributed by atoms with Gasteiger partial charge in [0.15, 0.2) is 0 Å². The van der Waals surface area contributed by atoms with Gasteiger partial charge in [-0.3, -0.25) is 13.9 Å². The molecule has 22 heavy (non-hydrogen) atoms. The smallest absolute Gasteiger partial charge is 0.330 e. The number of fused-ring (bicyclic) bond motifs is 1. The van der Waals surface area contributed by atoms with Gasteiger partial charge in [-0.1, -0.05) is 18.2 Å². The van der Waals surface area contributed by atoms with Crippen LogP contribution in [0.5, 0.6) is 5.75 Å². The van der Waals surface area contributed by atoms with Gasteiger partial charge < -0.3 is 10.1 Å². The SMILES string of the molecule is Cn1c(CNC[C@H]2Cc3ccccc3O2)cc(=O)n(C)c1=O. The highest BCUT2D eigenvalue weighted by Gasteiger charge is 2.21. The predicted molar refractivity (Wildman–Crippen MR) is 83.2 cm³/mol. The van der Waals surface area contributed by atoms with Gasteiger partial charge in [-0.05, 0) is 11.6 Å². The maximum absolute atomic E-state index is 11.9. The normalized spacial score (nSPS) is 16.4. The van der Waals surface area contributed by atoms with Crippen molar-refractivity contribution < 1.29 is 4.74 Å². The summed E-state index contributed by atoms with van der Waals surface area (Å²) in [5.41, 5.74) is 1.29. The third-order valence-electron chi connectivity index (χ3n) is 4.02. The Kier molecular flexibility index (Phi) is 3.85. The highest BCUT2D eigenvalue weighted by molar-refractivity contribution is 5.37. The lowest BCUT2D eigenvalue weighted by atomic mass is 10.1. The minimum absolute atomic E-state index is 0.0842. The van der Waals surface area contributed by atoms with Crippen molar-refractivity contribution >= 4 is 0 Å². The molecule has 0 saturated heterocycles. The second-order valence-corrected chi connectivity index (χ2v) is 5.56. The fourth-order valence-electron chi connectivity index (χ4n) is 2.68. The van der Waals surface area contributed by atoms with Gasteiger partial charge in [-0.2, -0.15) is 0 Å². The zero-order chi connectivity index (χ0) is 15.7. The summed E-state index contributed by atoms with van der Waals surface area (Å²) in [5.74, 6) is 0.940. The summed E-state index contributed by atoms with van der Waals surface area (Å²) < 4.78 is 8.43. The van der Waals surface area contributed by atoms with E-state index in [1.165, 1.54) is 23.2 Å². The van der Waals surface area contributed by atoms with Crippen LogP contribution in [-0.4, -0.2) is 21.8 Å². The van der Waals surface area contributed by atoms with E-state index < -0.39 is 0 Å². The molecular formula is C16H19N3O3. The molecule has 1 aliphatic rings. The largest absolute Gasteiger partial charge is 0.488 e. The van der Waals surface area contributed by atoms with Crippen LogP contribution in [0.4, 0.5) is 0 Å². The van der Waals surface area contributed by atoms with E-state index in [9.17, 15) is 9.59 Å².